The number of hydrogen-bond donors (Lipinski definition) is 1. The molecule has 1 N–H and O–H groups in total. The predicted octanol–water partition coefficient (Wildman–Crippen LogP) is 5.01. The van der Waals surface area contributed by atoms with Crippen LogP contribution in [0.15, 0.2) is 36.4 Å². The molecule has 2 amide bonds. The lowest BCUT2D eigenvalue weighted by Gasteiger charge is -2.14. The van der Waals surface area contributed by atoms with Crippen LogP contribution < -0.4 is 10.1 Å². The average Bonchev–Trinajstić information content (AvgIpc) is 2.54. The summed E-state index contributed by atoms with van der Waals surface area (Å²) in [5.41, 5.74) is -2.90. The second-order valence-corrected chi connectivity index (χ2v) is 5.53. The number of aromatic nitrogens is 1. The van der Waals surface area contributed by atoms with E-state index in [0.29, 0.717) is 11.8 Å². The molecule has 0 atom stereocenters. The largest absolute Gasteiger partial charge is 0.439 e. The molecule has 1 aromatic carbocycles. The number of nitrogens with one attached hydrogen (secondary N) is 1. The van der Waals surface area contributed by atoms with Crippen molar-refractivity contribution in [3.05, 3.63) is 47.7 Å². The van der Waals surface area contributed by atoms with E-state index < -0.39 is 35.5 Å². The number of pyridine rings is 1. The number of benzene rings is 1. The topological polar surface area (TPSA) is 54.5 Å². The fraction of sp³-hybridized carbons (Fsp3) is 0.250. The van der Waals surface area contributed by atoms with Gasteiger partial charge in [0, 0.05) is 25.8 Å². The Bertz CT molecular complexity index is 784. The molecule has 0 fully saturated rings. The van der Waals surface area contributed by atoms with Crippen molar-refractivity contribution in [1.29, 1.82) is 0 Å². The molecule has 27 heavy (non-hydrogen) atoms. The third kappa shape index (κ3) is 5.50. The van der Waals surface area contributed by atoms with Crippen molar-refractivity contribution in [2.75, 3.05) is 19.4 Å². The molecule has 0 radical (unpaired) electrons. The van der Waals surface area contributed by atoms with E-state index in [-0.39, 0.29) is 11.8 Å². The third-order valence-corrected chi connectivity index (χ3v) is 3.15. The Morgan fingerprint density at radius 2 is 1.59 bits per heavy atom. The zero-order valence-corrected chi connectivity index (χ0v) is 13.9. The van der Waals surface area contributed by atoms with Gasteiger partial charge in [-0.05, 0) is 30.3 Å². The molecule has 146 valence electrons. The third-order valence-electron chi connectivity index (χ3n) is 3.15. The number of carbonyl (C=O) groups is 1. The van der Waals surface area contributed by atoms with Gasteiger partial charge < -0.3 is 15.0 Å². The van der Waals surface area contributed by atoms with Gasteiger partial charge in [0.1, 0.15) is 11.4 Å². The van der Waals surface area contributed by atoms with Crippen LogP contribution in [0, 0.1) is 0 Å². The van der Waals surface area contributed by atoms with Gasteiger partial charge in [0.2, 0.25) is 5.88 Å². The molecule has 2 rings (SSSR count). The Kier molecular flexibility index (Phi) is 5.52. The Hall–Kier alpha value is -2.98. The second kappa shape index (κ2) is 7.33. The van der Waals surface area contributed by atoms with Crippen LogP contribution in [-0.2, 0) is 12.4 Å². The maximum atomic E-state index is 12.8. The fourth-order valence-electron chi connectivity index (χ4n) is 1.83. The van der Waals surface area contributed by atoms with Crippen LogP contribution in [0.3, 0.4) is 0 Å². The number of ether oxygens (including phenoxy) is 1. The number of anilines is 1. The van der Waals surface area contributed by atoms with E-state index in [1.807, 2.05) is 0 Å². The first kappa shape index (κ1) is 20.3. The smallest absolute Gasteiger partial charge is 0.433 e. The number of alkyl halides is 6. The van der Waals surface area contributed by atoms with E-state index in [9.17, 15) is 31.1 Å². The SMILES string of the molecule is CN(C)C(=O)Nc1ccc(Oc2cc(C(F)(F)F)cc(C(F)(F)F)n2)cc1. The lowest BCUT2D eigenvalue weighted by molar-refractivity contribution is -0.145. The quantitative estimate of drug-likeness (QED) is 0.747. The Morgan fingerprint density at radius 3 is 2.07 bits per heavy atom. The number of nitrogens with zero attached hydrogens (tertiary/aromatic N) is 2. The van der Waals surface area contributed by atoms with Gasteiger partial charge in [-0.25, -0.2) is 9.78 Å². The molecule has 0 saturated heterocycles. The van der Waals surface area contributed by atoms with Crippen molar-refractivity contribution in [3.63, 3.8) is 0 Å². The standard InChI is InChI=1S/C16H13F6N3O2/c1-25(2)14(26)23-10-3-5-11(6-4-10)27-13-8-9(15(17,18)19)7-12(24-13)16(20,21)22/h3-8H,1-2H3,(H,23,26). The fourth-order valence-corrected chi connectivity index (χ4v) is 1.83. The van der Waals surface area contributed by atoms with Gasteiger partial charge in [0.15, 0.2) is 0 Å². The highest BCUT2D eigenvalue weighted by Gasteiger charge is 2.38. The van der Waals surface area contributed by atoms with E-state index in [0.717, 1.165) is 0 Å². The van der Waals surface area contributed by atoms with Crippen molar-refractivity contribution in [2.45, 2.75) is 12.4 Å². The zero-order chi connectivity index (χ0) is 20.4. The van der Waals surface area contributed by atoms with Crippen LogP contribution in [0.2, 0.25) is 0 Å². The van der Waals surface area contributed by atoms with Crippen molar-refractivity contribution in [2.24, 2.45) is 0 Å². The Labute approximate surface area is 149 Å². The molecule has 0 spiro atoms. The summed E-state index contributed by atoms with van der Waals surface area (Å²) in [4.78, 5) is 15.9. The molecule has 0 unspecified atom stereocenters. The number of halogens is 6. The van der Waals surface area contributed by atoms with E-state index in [1.165, 1.54) is 43.3 Å². The van der Waals surface area contributed by atoms with Crippen molar-refractivity contribution in [1.82, 2.24) is 9.88 Å². The Balaban J connectivity index is 2.27. The summed E-state index contributed by atoms with van der Waals surface area (Å²) < 4.78 is 81.8. The second-order valence-electron chi connectivity index (χ2n) is 5.53. The van der Waals surface area contributed by atoms with Crippen LogP contribution in [0.1, 0.15) is 11.3 Å². The molecule has 0 bridgehead atoms. The van der Waals surface area contributed by atoms with Gasteiger partial charge in [-0.1, -0.05) is 0 Å². The molecule has 11 heteroatoms. The maximum absolute atomic E-state index is 12.8. The molecule has 1 aromatic heterocycles. The van der Waals surface area contributed by atoms with Crippen LogP contribution in [0.5, 0.6) is 11.6 Å². The van der Waals surface area contributed by atoms with E-state index in [2.05, 4.69) is 10.3 Å². The number of rotatable bonds is 3. The lowest BCUT2D eigenvalue weighted by Crippen LogP contribution is -2.27. The molecule has 0 aliphatic rings. The molecular formula is C16H13F6N3O2. The summed E-state index contributed by atoms with van der Waals surface area (Å²) in [6.45, 7) is 0. The predicted molar refractivity (Wildman–Crippen MR) is 83.5 cm³/mol. The Morgan fingerprint density at radius 1 is 1.00 bits per heavy atom. The van der Waals surface area contributed by atoms with Gasteiger partial charge in [-0.3, -0.25) is 0 Å². The summed E-state index contributed by atoms with van der Waals surface area (Å²) in [7, 11) is 3.04. The molecule has 0 saturated carbocycles. The first-order chi connectivity index (χ1) is 12.4. The summed E-state index contributed by atoms with van der Waals surface area (Å²) in [6, 6.07) is 5.13. The highest BCUT2D eigenvalue weighted by molar-refractivity contribution is 5.88. The monoisotopic (exact) mass is 393 g/mol. The highest BCUT2D eigenvalue weighted by Crippen LogP contribution is 2.37. The summed E-state index contributed by atoms with van der Waals surface area (Å²) in [5.74, 6) is -0.917. The van der Waals surface area contributed by atoms with Crippen molar-refractivity contribution >= 4 is 11.7 Å². The molecular weight excluding hydrogens is 380 g/mol. The summed E-state index contributed by atoms with van der Waals surface area (Å²) in [6.07, 6.45) is -10.1. The van der Waals surface area contributed by atoms with Crippen LogP contribution in [0.4, 0.5) is 36.8 Å². The van der Waals surface area contributed by atoms with Crippen LogP contribution in [0.25, 0.3) is 0 Å². The minimum absolute atomic E-state index is 0.0576. The summed E-state index contributed by atoms with van der Waals surface area (Å²) >= 11 is 0. The first-order valence-corrected chi connectivity index (χ1v) is 7.29. The number of amides is 2. The summed E-state index contributed by atoms with van der Waals surface area (Å²) in [5, 5.41) is 2.51. The van der Waals surface area contributed by atoms with Gasteiger partial charge >= 0.3 is 18.4 Å². The minimum Gasteiger partial charge on any atom is -0.439 e. The van der Waals surface area contributed by atoms with Crippen molar-refractivity contribution in [3.8, 4) is 11.6 Å². The lowest BCUT2D eigenvalue weighted by atomic mass is 10.2. The van der Waals surface area contributed by atoms with E-state index in [4.69, 9.17) is 4.74 Å². The van der Waals surface area contributed by atoms with Crippen LogP contribution in [-0.4, -0.2) is 30.0 Å². The number of hydrogen-bond acceptors (Lipinski definition) is 3. The molecule has 2 aromatic rings. The average molecular weight is 393 g/mol. The number of carbonyl (C=O) groups excluding carboxylic acids is 1. The normalized spacial score (nSPS) is 11.9. The van der Waals surface area contributed by atoms with Gasteiger partial charge in [0.05, 0.1) is 5.56 Å². The highest BCUT2D eigenvalue weighted by atomic mass is 19.4. The molecule has 0 aliphatic carbocycles. The van der Waals surface area contributed by atoms with Gasteiger partial charge in [-0.15, -0.1) is 0 Å². The zero-order valence-electron chi connectivity index (χ0n) is 13.9. The number of urea groups is 1. The maximum Gasteiger partial charge on any atom is 0.433 e. The van der Waals surface area contributed by atoms with E-state index in [1.54, 1.807) is 0 Å². The van der Waals surface area contributed by atoms with E-state index >= 15 is 0 Å². The molecule has 1 heterocycles. The minimum atomic E-state index is -5.07. The molecule has 0 aliphatic heterocycles. The van der Waals surface area contributed by atoms with Gasteiger partial charge in [-0.2, -0.15) is 26.3 Å². The first-order valence-electron chi connectivity index (χ1n) is 7.29. The molecule has 5 nitrogen and oxygen atoms in total. The van der Waals surface area contributed by atoms with Gasteiger partial charge in [0.25, 0.3) is 0 Å². The van der Waals surface area contributed by atoms with Crippen molar-refractivity contribution < 1.29 is 35.9 Å². The van der Waals surface area contributed by atoms with Crippen LogP contribution >= 0.6 is 0 Å².